The molecule has 1 aliphatic heterocycles. The average Bonchev–Trinajstić information content (AvgIpc) is 2.41. The number of nitrogens with one attached hydrogen (secondary N) is 2. The molecular weight excluding hydrogens is 230 g/mol. The maximum absolute atomic E-state index is 11.9. The Kier molecular flexibility index (Phi) is 4.58. The summed E-state index contributed by atoms with van der Waals surface area (Å²) in [7, 11) is 0. The second kappa shape index (κ2) is 6.18. The van der Waals surface area contributed by atoms with Gasteiger partial charge in [0.05, 0.1) is 0 Å². The molecule has 0 spiro atoms. The highest BCUT2D eigenvalue weighted by Gasteiger charge is 2.26. The van der Waals surface area contributed by atoms with Crippen molar-refractivity contribution in [2.24, 2.45) is 5.92 Å². The molecule has 0 aromatic carbocycles. The highest BCUT2D eigenvalue weighted by Crippen LogP contribution is 2.23. The topological polar surface area (TPSA) is 61.4 Å². The van der Waals surface area contributed by atoms with Crippen molar-refractivity contribution in [3.63, 3.8) is 0 Å². The Morgan fingerprint density at radius 2 is 1.72 bits per heavy atom. The summed E-state index contributed by atoms with van der Waals surface area (Å²) >= 11 is 0. The van der Waals surface area contributed by atoms with Gasteiger partial charge in [-0.05, 0) is 31.6 Å². The standard InChI is InChI=1S/C13H23N3O2/c1-10-2-4-11(5-3-10)15-12(17)13(18)16-8-6-14-7-9-16/h10-11,14H,2-9H2,1H3,(H,15,17). The van der Waals surface area contributed by atoms with Gasteiger partial charge < -0.3 is 15.5 Å². The Bertz CT molecular complexity index is 305. The summed E-state index contributed by atoms with van der Waals surface area (Å²) in [6.07, 6.45) is 4.29. The molecule has 102 valence electrons. The van der Waals surface area contributed by atoms with Crippen LogP contribution in [0.4, 0.5) is 0 Å². The molecular formula is C13H23N3O2. The van der Waals surface area contributed by atoms with E-state index in [0.717, 1.165) is 44.7 Å². The number of carbonyl (C=O) groups excluding carboxylic acids is 2. The molecule has 1 heterocycles. The second-order valence-electron chi connectivity index (χ2n) is 5.47. The van der Waals surface area contributed by atoms with Gasteiger partial charge in [-0.1, -0.05) is 6.92 Å². The third-order valence-electron chi connectivity index (χ3n) is 3.95. The van der Waals surface area contributed by atoms with Crippen LogP contribution >= 0.6 is 0 Å². The molecule has 0 aromatic heterocycles. The first-order valence-corrected chi connectivity index (χ1v) is 6.97. The number of piperazine rings is 1. The van der Waals surface area contributed by atoms with Crippen LogP contribution in [0.3, 0.4) is 0 Å². The minimum atomic E-state index is -0.420. The molecule has 0 unspecified atom stereocenters. The van der Waals surface area contributed by atoms with Gasteiger partial charge in [-0.15, -0.1) is 0 Å². The first kappa shape index (κ1) is 13.3. The maximum atomic E-state index is 11.9. The predicted octanol–water partition coefficient (Wildman–Crippen LogP) is 0.113. The number of nitrogens with zero attached hydrogens (tertiary/aromatic N) is 1. The zero-order valence-corrected chi connectivity index (χ0v) is 11.1. The first-order chi connectivity index (χ1) is 8.66. The zero-order chi connectivity index (χ0) is 13.0. The third kappa shape index (κ3) is 3.45. The number of carbonyl (C=O) groups is 2. The lowest BCUT2D eigenvalue weighted by Crippen LogP contribution is -2.52. The van der Waals surface area contributed by atoms with Crippen LogP contribution in [0.1, 0.15) is 32.6 Å². The Balaban J connectivity index is 1.78. The second-order valence-corrected chi connectivity index (χ2v) is 5.47. The molecule has 1 saturated carbocycles. The smallest absolute Gasteiger partial charge is 0.311 e. The van der Waals surface area contributed by atoms with Crippen LogP contribution < -0.4 is 10.6 Å². The van der Waals surface area contributed by atoms with Crippen molar-refractivity contribution in [3.05, 3.63) is 0 Å². The maximum Gasteiger partial charge on any atom is 0.311 e. The van der Waals surface area contributed by atoms with Crippen molar-refractivity contribution in [2.75, 3.05) is 26.2 Å². The van der Waals surface area contributed by atoms with Crippen LogP contribution in [0.2, 0.25) is 0 Å². The summed E-state index contributed by atoms with van der Waals surface area (Å²) < 4.78 is 0. The minimum absolute atomic E-state index is 0.195. The van der Waals surface area contributed by atoms with Gasteiger partial charge in [-0.3, -0.25) is 9.59 Å². The Morgan fingerprint density at radius 3 is 2.33 bits per heavy atom. The summed E-state index contributed by atoms with van der Waals surface area (Å²) in [6.45, 7) is 5.06. The van der Waals surface area contributed by atoms with Crippen LogP contribution in [0.5, 0.6) is 0 Å². The zero-order valence-electron chi connectivity index (χ0n) is 11.1. The summed E-state index contributed by atoms with van der Waals surface area (Å²) in [5, 5.41) is 6.06. The first-order valence-electron chi connectivity index (χ1n) is 6.97. The quantitative estimate of drug-likeness (QED) is 0.652. The normalized spacial score (nSPS) is 28.8. The lowest BCUT2D eigenvalue weighted by Gasteiger charge is -2.29. The van der Waals surface area contributed by atoms with Gasteiger partial charge in [0.25, 0.3) is 0 Å². The van der Waals surface area contributed by atoms with Gasteiger partial charge in [0.1, 0.15) is 0 Å². The third-order valence-corrected chi connectivity index (χ3v) is 3.95. The summed E-state index contributed by atoms with van der Waals surface area (Å²) in [5.41, 5.74) is 0. The SMILES string of the molecule is CC1CCC(NC(=O)C(=O)N2CCNCC2)CC1. The van der Waals surface area contributed by atoms with E-state index in [-0.39, 0.29) is 11.9 Å². The molecule has 2 N–H and O–H groups in total. The number of hydrogen-bond donors (Lipinski definition) is 2. The molecule has 2 rings (SSSR count). The summed E-state index contributed by atoms with van der Waals surface area (Å²) in [6, 6.07) is 0.195. The fourth-order valence-electron chi connectivity index (χ4n) is 2.66. The van der Waals surface area contributed by atoms with E-state index in [1.807, 2.05) is 0 Å². The van der Waals surface area contributed by atoms with Gasteiger partial charge in [0.2, 0.25) is 0 Å². The van der Waals surface area contributed by atoms with Gasteiger partial charge in [-0.25, -0.2) is 0 Å². The van der Waals surface area contributed by atoms with E-state index in [4.69, 9.17) is 0 Å². The molecule has 1 aliphatic carbocycles. The molecule has 0 aromatic rings. The highest BCUT2D eigenvalue weighted by molar-refractivity contribution is 6.35. The van der Waals surface area contributed by atoms with E-state index in [2.05, 4.69) is 17.6 Å². The van der Waals surface area contributed by atoms with Crippen LogP contribution in [0.15, 0.2) is 0 Å². The van der Waals surface area contributed by atoms with Crippen LogP contribution in [0, 0.1) is 5.92 Å². The van der Waals surface area contributed by atoms with Crippen molar-refractivity contribution in [3.8, 4) is 0 Å². The molecule has 5 nitrogen and oxygen atoms in total. The summed E-state index contributed by atoms with van der Waals surface area (Å²) in [5.74, 6) is -0.0337. The van der Waals surface area contributed by atoms with Gasteiger partial charge in [0, 0.05) is 32.2 Å². The fraction of sp³-hybridized carbons (Fsp3) is 0.846. The van der Waals surface area contributed by atoms with E-state index in [1.54, 1.807) is 4.90 Å². The van der Waals surface area contributed by atoms with Crippen molar-refractivity contribution in [1.82, 2.24) is 15.5 Å². The van der Waals surface area contributed by atoms with Crippen LogP contribution in [-0.4, -0.2) is 48.9 Å². The number of hydrogen-bond acceptors (Lipinski definition) is 3. The van der Waals surface area contributed by atoms with Crippen molar-refractivity contribution in [2.45, 2.75) is 38.6 Å². The van der Waals surface area contributed by atoms with Crippen molar-refractivity contribution >= 4 is 11.8 Å². The Labute approximate surface area is 108 Å². The van der Waals surface area contributed by atoms with Crippen molar-refractivity contribution in [1.29, 1.82) is 0 Å². The largest absolute Gasteiger partial charge is 0.345 e. The molecule has 2 amide bonds. The fourth-order valence-corrected chi connectivity index (χ4v) is 2.66. The van der Waals surface area contributed by atoms with Crippen molar-refractivity contribution < 1.29 is 9.59 Å². The van der Waals surface area contributed by atoms with Gasteiger partial charge >= 0.3 is 11.8 Å². The monoisotopic (exact) mass is 253 g/mol. The summed E-state index contributed by atoms with van der Waals surface area (Å²) in [4.78, 5) is 25.4. The van der Waals surface area contributed by atoms with Crippen LogP contribution in [-0.2, 0) is 9.59 Å². The molecule has 1 saturated heterocycles. The lowest BCUT2D eigenvalue weighted by atomic mass is 9.87. The molecule has 2 aliphatic rings. The molecule has 0 bridgehead atoms. The molecule has 0 atom stereocenters. The molecule has 18 heavy (non-hydrogen) atoms. The van der Waals surface area contributed by atoms with Gasteiger partial charge in [0.15, 0.2) is 0 Å². The Morgan fingerprint density at radius 1 is 1.11 bits per heavy atom. The van der Waals surface area contributed by atoms with E-state index in [1.165, 1.54) is 0 Å². The predicted molar refractivity (Wildman–Crippen MR) is 69.0 cm³/mol. The van der Waals surface area contributed by atoms with E-state index >= 15 is 0 Å². The Hall–Kier alpha value is -1.10. The lowest BCUT2D eigenvalue weighted by molar-refractivity contribution is -0.146. The minimum Gasteiger partial charge on any atom is -0.345 e. The molecule has 0 radical (unpaired) electrons. The average molecular weight is 253 g/mol. The van der Waals surface area contributed by atoms with E-state index in [9.17, 15) is 9.59 Å². The van der Waals surface area contributed by atoms with E-state index < -0.39 is 5.91 Å². The number of amides is 2. The van der Waals surface area contributed by atoms with Crippen LogP contribution in [0.25, 0.3) is 0 Å². The number of rotatable bonds is 1. The molecule has 2 fully saturated rings. The van der Waals surface area contributed by atoms with E-state index in [0.29, 0.717) is 13.1 Å². The molecule has 5 heteroatoms. The highest BCUT2D eigenvalue weighted by atomic mass is 16.2. The van der Waals surface area contributed by atoms with Gasteiger partial charge in [-0.2, -0.15) is 0 Å².